The van der Waals surface area contributed by atoms with Gasteiger partial charge in [0, 0.05) is 44.1 Å². The molecule has 3 heterocycles. The summed E-state index contributed by atoms with van der Waals surface area (Å²) in [5, 5.41) is 8.64. The first-order chi connectivity index (χ1) is 14.6. The Morgan fingerprint density at radius 2 is 1.73 bits per heavy atom. The Labute approximate surface area is 174 Å². The van der Waals surface area contributed by atoms with Crippen LogP contribution in [0.4, 0.5) is 10.2 Å². The lowest BCUT2D eigenvalue weighted by Crippen LogP contribution is -2.52. The van der Waals surface area contributed by atoms with E-state index in [0.717, 1.165) is 17.1 Å². The summed E-state index contributed by atoms with van der Waals surface area (Å²) in [6, 6.07) is 13.7. The molecule has 154 valence electrons. The van der Waals surface area contributed by atoms with Gasteiger partial charge in [-0.2, -0.15) is 0 Å². The van der Waals surface area contributed by atoms with Crippen LogP contribution in [0.15, 0.2) is 60.9 Å². The zero-order valence-electron chi connectivity index (χ0n) is 16.6. The maximum absolute atomic E-state index is 13.8. The minimum atomic E-state index is -0.757. The molecule has 7 nitrogen and oxygen atoms in total. The van der Waals surface area contributed by atoms with E-state index < -0.39 is 11.9 Å². The van der Waals surface area contributed by atoms with Crippen molar-refractivity contribution < 1.29 is 13.9 Å². The van der Waals surface area contributed by atoms with Gasteiger partial charge in [0.25, 0.3) is 5.91 Å². The van der Waals surface area contributed by atoms with Crippen molar-refractivity contribution in [2.75, 3.05) is 31.1 Å². The molecule has 1 aliphatic rings. The van der Waals surface area contributed by atoms with Crippen LogP contribution < -0.4 is 9.64 Å². The van der Waals surface area contributed by atoms with E-state index in [1.165, 1.54) is 12.1 Å². The van der Waals surface area contributed by atoms with Gasteiger partial charge in [-0.15, -0.1) is 10.2 Å². The third-order valence-corrected chi connectivity index (χ3v) is 5.03. The highest BCUT2D eigenvalue weighted by Crippen LogP contribution is 2.20. The number of aromatic nitrogens is 3. The van der Waals surface area contributed by atoms with Crippen molar-refractivity contribution in [3.05, 3.63) is 66.7 Å². The van der Waals surface area contributed by atoms with E-state index in [1.807, 2.05) is 24.3 Å². The van der Waals surface area contributed by atoms with Gasteiger partial charge in [0.05, 0.1) is 5.69 Å². The molecule has 1 saturated heterocycles. The average Bonchev–Trinajstić information content (AvgIpc) is 2.81. The molecule has 4 rings (SSSR count). The molecule has 0 N–H and O–H groups in total. The number of anilines is 1. The van der Waals surface area contributed by atoms with Crippen LogP contribution in [0.1, 0.15) is 6.92 Å². The van der Waals surface area contributed by atoms with Gasteiger partial charge in [-0.05, 0) is 43.3 Å². The molecular formula is C22H22FN5O2. The van der Waals surface area contributed by atoms with E-state index in [-0.39, 0.29) is 11.7 Å². The Kier molecular flexibility index (Phi) is 5.83. The highest BCUT2D eigenvalue weighted by molar-refractivity contribution is 5.81. The molecule has 0 radical (unpaired) electrons. The molecule has 1 aliphatic heterocycles. The predicted molar refractivity (Wildman–Crippen MR) is 111 cm³/mol. The quantitative estimate of drug-likeness (QED) is 0.648. The number of carbonyl (C=O) groups excluding carboxylic acids is 1. The maximum Gasteiger partial charge on any atom is 0.263 e. The zero-order valence-corrected chi connectivity index (χ0v) is 16.6. The number of piperazine rings is 1. The third-order valence-electron chi connectivity index (χ3n) is 5.03. The first kappa shape index (κ1) is 19.8. The Morgan fingerprint density at radius 1 is 1.00 bits per heavy atom. The summed E-state index contributed by atoms with van der Waals surface area (Å²) in [7, 11) is 0. The minimum absolute atomic E-state index is 0.0848. The van der Waals surface area contributed by atoms with Crippen molar-refractivity contribution in [3.8, 4) is 17.0 Å². The largest absolute Gasteiger partial charge is 0.478 e. The van der Waals surface area contributed by atoms with Crippen LogP contribution in [0, 0.1) is 5.82 Å². The first-order valence-corrected chi connectivity index (χ1v) is 9.81. The van der Waals surface area contributed by atoms with Gasteiger partial charge in [-0.1, -0.05) is 12.1 Å². The SMILES string of the molecule is CC(Oc1ccccc1F)C(=O)N1CCN(c2ccc(-c3ccncc3)nn2)CC1. The van der Waals surface area contributed by atoms with Gasteiger partial charge in [0.15, 0.2) is 23.5 Å². The Hall–Kier alpha value is -3.55. The van der Waals surface area contributed by atoms with Crippen LogP contribution in [-0.2, 0) is 4.79 Å². The third kappa shape index (κ3) is 4.37. The number of hydrogen-bond acceptors (Lipinski definition) is 6. The fourth-order valence-electron chi connectivity index (χ4n) is 3.36. The van der Waals surface area contributed by atoms with E-state index in [9.17, 15) is 9.18 Å². The number of ether oxygens (including phenoxy) is 1. The van der Waals surface area contributed by atoms with Crippen molar-refractivity contribution in [1.82, 2.24) is 20.1 Å². The van der Waals surface area contributed by atoms with Crippen LogP contribution in [0.2, 0.25) is 0 Å². The van der Waals surface area contributed by atoms with Crippen molar-refractivity contribution in [2.24, 2.45) is 0 Å². The number of hydrogen-bond donors (Lipinski definition) is 0. The number of halogens is 1. The second-order valence-electron chi connectivity index (χ2n) is 7.02. The normalized spacial score (nSPS) is 15.0. The molecule has 2 aromatic heterocycles. The molecule has 1 amide bonds. The lowest BCUT2D eigenvalue weighted by atomic mass is 10.2. The predicted octanol–water partition coefficient (Wildman–Crippen LogP) is 2.79. The number of pyridine rings is 1. The Morgan fingerprint density at radius 3 is 2.40 bits per heavy atom. The molecule has 0 spiro atoms. The number of carbonyl (C=O) groups is 1. The lowest BCUT2D eigenvalue weighted by Gasteiger charge is -2.36. The fourth-order valence-corrected chi connectivity index (χ4v) is 3.36. The van der Waals surface area contributed by atoms with Gasteiger partial charge in [-0.25, -0.2) is 4.39 Å². The molecule has 1 atom stereocenters. The molecule has 1 unspecified atom stereocenters. The topological polar surface area (TPSA) is 71.5 Å². The van der Waals surface area contributed by atoms with Crippen LogP contribution in [0.5, 0.6) is 5.75 Å². The van der Waals surface area contributed by atoms with Gasteiger partial charge >= 0.3 is 0 Å². The van der Waals surface area contributed by atoms with E-state index in [1.54, 1.807) is 36.4 Å². The van der Waals surface area contributed by atoms with Crippen molar-refractivity contribution >= 4 is 11.7 Å². The average molecular weight is 407 g/mol. The Balaban J connectivity index is 1.33. The van der Waals surface area contributed by atoms with Crippen LogP contribution in [0.25, 0.3) is 11.3 Å². The van der Waals surface area contributed by atoms with E-state index in [0.29, 0.717) is 26.2 Å². The number of nitrogens with zero attached hydrogens (tertiary/aromatic N) is 5. The second-order valence-corrected chi connectivity index (χ2v) is 7.02. The van der Waals surface area contributed by atoms with Crippen molar-refractivity contribution in [2.45, 2.75) is 13.0 Å². The standard InChI is InChI=1S/C22H22FN5O2/c1-16(30-20-5-3-2-4-18(20)23)22(29)28-14-12-27(13-15-28)21-7-6-19(25-26-21)17-8-10-24-11-9-17/h2-11,16H,12-15H2,1H3. The smallest absolute Gasteiger partial charge is 0.263 e. The van der Waals surface area contributed by atoms with Gasteiger partial charge in [0.1, 0.15) is 0 Å². The van der Waals surface area contributed by atoms with Gasteiger partial charge in [0.2, 0.25) is 0 Å². The van der Waals surface area contributed by atoms with Crippen molar-refractivity contribution in [3.63, 3.8) is 0 Å². The van der Waals surface area contributed by atoms with E-state index >= 15 is 0 Å². The maximum atomic E-state index is 13.8. The van der Waals surface area contributed by atoms with Crippen LogP contribution in [0.3, 0.4) is 0 Å². The molecule has 30 heavy (non-hydrogen) atoms. The van der Waals surface area contributed by atoms with Crippen LogP contribution in [-0.4, -0.2) is 58.3 Å². The lowest BCUT2D eigenvalue weighted by molar-refractivity contribution is -0.138. The molecule has 0 saturated carbocycles. The molecule has 0 bridgehead atoms. The van der Waals surface area contributed by atoms with E-state index in [2.05, 4.69) is 20.1 Å². The summed E-state index contributed by atoms with van der Waals surface area (Å²) in [6.45, 7) is 4.00. The fraction of sp³-hybridized carbons (Fsp3) is 0.273. The summed E-state index contributed by atoms with van der Waals surface area (Å²) in [5.41, 5.74) is 1.75. The minimum Gasteiger partial charge on any atom is -0.478 e. The van der Waals surface area contributed by atoms with E-state index in [4.69, 9.17) is 4.74 Å². The summed E-state index contributed by atoms with van der Waals surface area (Å²) >= 11 is 0. The van der Waals surface area contributed by atoms with Gasteiger partial charge in [-0.3, -0.25) is 9.78 Å². The van der Waals surface area contributed by atoms with Gasteiger partial charge < -0.3 is 14.5 Å². The highest BCUT2D eigenvalue weighted by Gasteiger charge is 2.27. The summed E-state index contributed by atoms with van der Waals surface area (Å²) < 4.78 is 19.3. The molecule has 3 aromatic rings. The molecule has 0 aliphatic carbocycles. The molecule has 1 fully saturated rings. The van der Waals surface area contributed by atoms with Crippen molar-refractivity contribution in [1.29, 1.82) is 0 Å². The summed E-state index contributed by atoms with van der Waals surface area (Å²) in [4.78, 5) is 20.5. The Bertz CT molecular complexity index is 992. The molecule has 1 aromatic carbocycles. The number of benzene rings is 1. The molecule has 8 heteroatoms. The highest BCUT2D eigenvalue weighted by atomic mass is 19.1. The monoisotopic (exact) mass is 407 g/mol. The molecular weight excluding hydrogens is 385 g/mol. The zero-order chi connectivity index (χ0) is 20.9. The van der Waals surface area contributed by atoms with Crippen LogP contribution >= 0.6 is 0 Å². The summed E-state index contributed by atoms with van der Waals surface area (Å²) in [5.74, 6) is 0.227. The number of amides is 1. The number of rotatable bonds is 5. The summed E-state index contributed by atoms with van der Waals surface area (Å²) in [6.07, 6.45) is 2.68. The first-order valence-electron chi connectivity index (χ1n) is 9.81. The number of para-hydroxylation sites is 1. The second kappa shape index (κ2) is 8.86.